The highest BCUT2D eigenvalue weighted by molar-refractivity contribution is 5.95. The van der Waals surface area contributed by atoms with E-state index >= 15 is 0 Å². The molecule has 1 aliphatic carbocycles. The van der Waals surface area contributed by atoms with Gasteiger partial charge in [0.2, 0.25) is 0 Å². The molecule has 1 aromatic heterocycles. The molecule has 1 aliphatic rings. The van der Waals surface area contributed by atoms with Gasteiger partial charge in [-0.05, 0) is 61.4 Å². The second-order valence-electron chi connectivity index (χ2n) is 7.38. The lowest BCUT2D eigenvalue weighted by Gasteiger charge is -2.21. The maximum atomic E-state index is 11.4. The predicted octanol–water partition coefficient (Wildman–Crippen LogP) is 4.82. The second-order valence-corrected chi connectivity index (χ2v) is 7.38. The number of nitrogens with zero attached hydrogens (tertiary/aromatic N) is 1. The van der Waals surface area contributed by atoms with E-state index in [4.69, 9.17) is 0 Å². The molecule has 0 saturated heterocycles. The van der Waals surface area contributed by atoms with Crippen LogP contribution in [0.1, 0.15) is 46.1 Å². The van der Waals surface area contributed by atoms with E-state index in [9.17, 15) is 9.90 Å². The van der Waals surface area contributed by atoms with Crippen molar-refractivity contribution in [2.45, 2.75) is 39.7 Å². The van der Waals surface area contributed by atoms with Gasteiger partial charge in [0.05, 0.1) is 5.56 Å². The van der Waals surface area contributed by atoms with Crippen molar-refractivity contribution >= 4 is 16.9 Å². The third-order valence-corrected chi connectivity index (χ3v) is 5.42. The van der Waals surface area contributed by atoms with Crippen molar-refractivity contribution in [1.29, 1.82) is 0 Å². The molecule has 3 aromatic rings. The van der Waals surface area contributed by atoms with Crippen LogP contribution in [0.5, 0.6) is 0 Å². The third-order valence-electron chi connectivity index (χ3n) is 5.42. The SMILES string of the molecule is Cc1ccc(Cn2c3c(c4cc(C(=O)O)ccc42)CC(C)CC3)cc1. The van der Waals surface area contributed by atoms with Gasteiger partial charge < -0.3 is 9.67 Å². The molecule has 1 N–H and O–H groups in total. The van der Waals surface area contributed by atoms with E-state index in [-0.39, 0.29) is 0 Å². The topological polar surface area (TPSA) is 42.2 Å². The highest BCUT2D eigenvalue weighted by Crippen LogP contribution is 2.35. The zero-order valence-electron chi connectivity index (χ0n) is 14.7. The van der Waals surface area contributed by atoms with Crippen LogP contribution in [0.25, 0.3) is 10.9 Å². The molecule has 4 rings (SSSR count). The van der Waals surface area contributed by atoms with Crippen molar-refractivity contribution in [3.8, 4) is 0 Å². The number of carboxylic acid groups (broad SMARTS) is 1. The number of rotatable bonds is 3. The highest BCUT2D eigenvalue weighted by atomic mass is 16.4. The fraction of sp³-hybridized carbons (Fsp3) is 0.318. The molecule has 1 heterocycles. The molecule has 2 aromatic carbocycles. The van der Waals surface area contributed by atoms with Gasteiger partial charge in [-0.25, -0.2) is 4.79 Å². The van der Waals surface area contributed by atoms with Gasteiger partial charge in [0, 0.05) is 23.1 Å². The summed E-state index contributed by atoms with van der Waals surface area (Å²) in [5, 5.41) is 10.5. The number of hydrogen-bond acceptors (Lipinski definition) is 1. The molecule has 0 radical (unpaired) electrons. The first-order valence-corrected chi connectivity index (χ1v) is 8.96. The third kappa shape index (κ3) is 2.84. The van der Waals surface area contributed by atoms with Crippen molar-refractivity contribution in [3.63, 3.8) is 0 Å². The molecule has 25 heavy (non-hydrogen) atoms. The maximum Gasteiger partial charge on any atom is 0.335 e. The number of fused-ring (bicyclic) bond motifs is 3. The summed E-state index contributed by atoms with van der Waals surface area (Å²) in [7, 11) is 0. The van der Waals surface area contributed by atoms with Crippen LogP contribution < -0.4 is 0 Å². The van der Waals surface area contributed by atoms with Gasteiger partial charge in [0.1, 0.15) is 0 Å². The van der Waals surface area contributed by atoms with E-state index in [0.29, 0.717) is 11.5 Å². The Balaban J connectivity index is 1.88. The van der Waals surface area contributed by atoms with Crippen LogP contribution >= 0.6 is 0 Å². The molecule has 0 saturated carbocycles. The van der Waals surface area contributed by atoms with Gasteiger partial charge in [-0.15, -0.1) is 0 Å². The van der Waals surface area contributed by atoms with Gasteiger partial charge in [0.15, 0.2) is 0 Å². The lowest BCUT2D eigenvalue weighted by Crippen LogP contribution is -2.14. The molecule has 0 bridgehead atoms. The van der Waals surface area contributed by atoms with E-state index in [1.807, 2.05) is 12.1 Å². The Bertz CT molecular complexity index is 950. The lowest BCUT2D eigenvalue weighted by molar-refractivity contribution is 0.0697. The summed E-state index contributed by atoms with van der Waals surface area (Å²) in [6.45, 7) is 5.23. The van der Waals surface area contributed by atoms with Crippen LogP contribution in [0.15, 0.2) is 42.5 Å². The monoisotopic (exact) mass is 333 g/mol. The molecule has 1 atom stereocenters. The zero-order chi connectivity index (χ0) is 17.6. The van der Waals surface area contributed by atoms with Crippen LogP contribution in [0.4, 0.5) is 0 Å². The summed E-state index contributed by atoms with van der Waals surface area (Å²) in [4.78, 5) is 11.4. The van der Waals surface area contributed by atoms with E-state index in [1.54, 1.807) is 6.07 Å². The minimum Gasteiger partial charge on any atom is -0.478 e. The van der Waals surface area contributed by atoms with Gasteiger partial charge >= 0.3 is 5.97 Å². The Morgan fingerprint density at radius 3 is 2.68 bits per heavy atom. The van der Waals surface area contributed by atoms with Gasteiger partial charge in [-0.3, -0.25) is 0 Å². The second kappa shape index (κ2) is 6.07. The summed E-state index contributed by atoms with van der Waals surface area (Å²) in [6.07, 6.45) is 3.30. The van der Waals surface area contributed by atoms with Crippen LogP contribution in [0, 0.1) is 12.8 Å². The van der Waals surface area contributed by atoms with Crippen molar-refractivity contribution in [1.82, 2.24) is 4.57 Å². The molecular weight excluding hydrogens is 310 g/mol. The summed E-state index contributed by atoms with van der Waals surface area (Å²) >= 11 is 0. The van der Waals surface area contributed by atoms with Crippen LogP contribution in [0.3, 0.4) is 0 Å². The fourth-order valence-corrected chi connectivity index (χ4v) is 4.01. The first-order valence-electron chi connectivity index (χ1n) is 8.96. The molecule has 0 fully saturated rings. The molecule has 0 amide bonds. The van der Waals surface area contributed by atoms with Crippen molar-refractivity contribution in [2.24, 2.45) is 5.92 Å². The Labute approximate surface area is 147 Å². The minimum atomic E-state index is -0.856. The molecule has 128 valence electrons. The summed E-state index contributed by atoms with van der Waals surface area (Å²) in [6, 6.07) is 14.2. The molecule has 0 aliphatic heterocycles. The molecule has 0 spiro atoms. The maximum absolute atomic E-state index is 11.4. The van der Waals surface area contributed by atoms with E-state index in [2.05, 4.69) is 42.7 Å². The Morgan fingerprint density at radius 2 is 1.96 bits per heavy atom. The molecule has 3 heteroatoms. The average molecular weight is 333 g/mol. The van der Waals surface area contributed by atoms with Crippen LogP contribution in [-0.4, -0.2) is 15.6 Å². The largest absolute Gasteiger partial charge is 0.478 e. The van der Waals surface area contributed by atoms with Gasteiger partial charge in [-0.2, -0.15) is 0 Å². The number of aromatic nitrogens is 1. The molecule has 3 nitrogen and oxygen atoms in total. The minimum absolute atomic E-state index is 0.376. The zero-order valence-corrected chi connectivity index (χ0v) is 14.7. The molecule has 1 unspecified atom stereocenters. The number of carbonyl (C=O) groups is 1. The normalized spacial score (nSPS) is 16.8. The van der Waals surface area contributed by atoms with Crippen LogP contribution in [-0.2, 0) is 19.4 Å². The van der Waals surface area contributed by atoms with Crippen molar-refractivity contribution in [3.05, 3.63) is 70.4 Å². The highest BCUT2D eigenvalue weighted by Gasteiger charge is 2.24. The summed E-state index contributed by atoms with van der Waals surface area (Å²) in [5.74, 6) is -0.204. The standard InChI is InChI=1S/C22H23NO2/c1-14-3-6-16(7-4-14)13-23-20-9-5-15(2)11-18(20)19-12-17(22(24)25)8-10-21(19)23/h3-4,6-8,10,12,15H,5,9,11,13H2,1-2H3,(H,24,25). The fourth-order valence-electron chi connectivity index (χ4n) is 4.01. The van der Waals surface area contributed by atoms with Gasteiger partial charge in [-0.1, -0.05) is 36.8 Å². The first-order chi connectivity index (χ1) is 12.0. The van der Waals surface area contributed by atoms with E-state index in [0.717, 1.165) is 30.3 Å². The summed E-state index contributed by atoms with van der Waals surface area (Å²) < 4.78 is 2.40. The first kappa shape index (κ1) is 15.9. The smallest absolute Gasteiger partial charge is 0.335 e. The van der Waals surface area contributed by atoms with Crippen LogP contribution in [0.2, 0.25) is 0 Å². The molecular formula is C22H23NO2. The van der Waals surface area contributed by atoms with E-state index in [1.165, 1.54) is 28.8 Å². The quantitative estimate of drug-likeness (QED) is 0.746. The van der Waals surface area contributed by atoms with Crippen molar-refractivity contribution in [2.75, 3.05) is 0 Å². The number of hydrogen-bond donors (Lipinski definition) is 1. The summed E-state index contributed by atoms with van der Waals surface area (Å²) in [5.41, 5.74) is 6.82. The number of aromatic carboxylic acids is 1. The lowest BCUT2D eigenvalue weighted by atomic mass is 9.87. The Hall–Kier alpha value is -2.55. The Morgan fingerprint density at radius 1 is 1.20 bits per heavy atom. The number of benzene rings is 2. The van der Waals surface area contributed by atoms with Crippen molar-refractivity contribution < 1.29 is 9.90 Å². The number of aryl methyl sites for hydroxylation is 1. The van der Waals surface area contributed by atoms with E-state index < -0.39 is 5.97 Å². The number of carboxylic acids is 1. The predicted molar refractivity (Wildman–Crippen MR) is 100 cm³/mol. The Kier molecular flexibility index (Phi) is 3.87. The average Bonchev–Trinajstić information content (AvgIpc) is 2.89. The van der Waals surface area contributed by atoms with Gasteiger partial charge in [0.25, 0.3) is 0 Å².